The molecular weight excluding hydrogens is 594 g/mol. The molecule has 0 radical (unpaired) electrons. The van der Waals surface area contributed by atoms with Gasteiger partial charge in [0.2, 0.25) is 0 Å². The zero-order valence-corrected chi connectivity index (χ0v) is 24.6. The summed E-state index contributed by atoms with van der Waals surface area (Å²) in [7, 11) is 0. The Bertz CT molecular complexity index is 1900. The van der Waals surface area contributed by atoms with Gasteiger partial charge in [-0.1, -0.05) is 70.5 Å². The molecule has 7 rings (SSSR count). The summed E-state index contributed by atoms with van der Waals surface area (Å²) in [4.78, 5) is 22.7. The summed E-state index contributed by atoms with van der Waals surface area (Å²) < 4.78 is 0.973. The van der Waals surface area contributed by atoms with Crippen molar-refractivity contribution in [2.24, 2.45) is 0 Å². The SMILES string of the molecule is Brc1cc(-c2ccncc2)cc(-c2cc(-c3ccc(-c4ccncc4)cc3)nc(-c3ccc(-c4cccnc4)cc3)n2)c1. The molecule has 7 aromatic rings. The molecule has 0 aliphatic heterocycles. The van der Waals surface area contributed by atoms with Crippen molar-refractivity contribution in [3.8, 4) is 67.3 Å². The van der Waals surface area contributed by atoms with Gasteiger partial charge in [-0.3, -0.25) is 15.0 Å². The summed E-state index contributed by atoms with van der Waals surface area (Å²) in [5, 5.41) is 0. The summed E-state index contributed by atoms with van der Waals surface area (Å²) >= 11 is 3.73. The monoisotopic (exact) mass is 617 g/mol. The van der Waals surface area contributed by atoms with Crippen LogP contribution in [0.3, 0.4) is 0 Å². The number of halogens is 1. The lowest BCUT2D eigenvalue weighted by Gasteiger charge is -2.12. The first-order chi connectivity index (χ1) is 21.2. The highest BCUT2D eigenvalue weighted by molar-refractivity contribution is 9.10. The summed E-state index contributed by atoms with van der Waals surface area (Å²) in [6.07, 6.45) is 10.9. The summed E-state index contributed by atoms with van der Waals surface area (Å²) in [6.45, 7) is 0. The van der Waals surface area contributed by atoms with E-state index in [9.17, 15) is 0 Å². The smallest absolute Gasteiger partial charge is 0.160 e. The van der Waals surface area contributed by atoms with Crippen LogP contribution in [0, 0.1) is 0 Å². The summed E-state index contributed by atoms with van der Waals surface area (Å²) in [5.74, 6) is 0.661. The molecule has 3 aromatic carbocycles. The molecule has 5 nitrogen and oxygen atoms in total. The maximum absolute atomic E-state index is 5.08. The van der Waals surface area contributed by atoms with Crippen molar-refractivity contribution in [1.29, 1.82) is 0 Å². The maximum atomic E-state index is 5.08. The predicted octanol–water partition coefficient (Wildman–Crippen LogP) is 9.43. The average molecular weight is 619 g/mol. The van der Waals surface area contributed by atoms with E-state index in [0.717, 1.165) is 65.9 Å². The fourth-order valence-electron chi connectivity index (χ4n) is 5.04. The van der Waals surface area contributed by atoms with Gasteiger partial charge in [0.1, 0.15) is 0 Å². The van der Waals surface area contributed by atoms with E-state index < -0.39 is 0 Å². The molecule has 6 heteroatoms. The first kappa shape index (κ1) is 26.6. The first-order valence-corrected chi connectivity index (χ1v) is 14.6. The molecule has 43 heavy (non-hydrogen) atoms. The third-order valence-corrected chi connectivity index (χ3v) is 7.72. The molecule has 0 spiro atoms. The van der Waals surface area contributed by atoms with Gasteiger partial charge < -0.3 is 0 Å². The lowest BCUT2D eigenvalue weighted by Crippen LogP contribution is -1.96. The zero-order chi connectivity index (χ0) is 29.0. The molecule has 0 N–H and O–H groups in total. The molecule has 0 atom stereocenters. The van der Waals surface area contributed by atoms with Crippen LogP contribution in [0.5, 0.6) is 0 Å². The Labute approximate surface area is 258 Å². The Morgan fingerprint density at radius 2 is 0.884 bits per heavy atom. The minimum absolute atomic E-state index is 0.661. The standard InChI is InChI=1S/C37H24BrN5/c38-34-21-32(28-13-18-40-19-14-28)20-33(22-34)36-23-35(29-7-3-25(4-8-29)27-11-16-39-17-12-27)42-37(43-36)30-9-5-26(6-10-30)31-2-1-15-41-24-31/h1-24H. The Balaban J connectivity index is 1.34. The molecule has 0 amide bonds. The van der Waals surface area contributed by atoms with Gasteiger partial charge in [0.15, 0.2) is 5.82 Å². The van der Waals surface area contributed by atoms with Gasteiger partial charge in [0.05, 0.1) is 11.4 Å². The molecule has 0 bridgehead atoms. The topological polar surface area (TPSA) is 64.5 Å². The molecule has 0 aliphatic rings. The Morgan fingerprint density at radius 1 is 0.372 bits per heavy atom. The quantitative estimate of drug-likeness (QED) is 0.186. The van der Waals surface area contributed by atoms with Crippen LogP contribution in [0.15, 0.2) is 151 Å². The minimum Gasteiger partial charge on any atom is -0.265 e. The second-order valence-electron chi connectivity index (χ2n) is 10.1. The molecule has 0 fully saturated rings. The molecule has 4 heterocycles. The van der Waals surface area contributed by atoms with Gasteiger partial charge in [-0.2, -0.15) is 0 Å². The van der Waals surface area contributed by atoms with Gasteiger partial charge in [-0.05, 0) is 88.0 Å². The molecule has 204 valence electrons. The number of nitrogens with zero attached hydrogens (tertiary/aromatic N) is 5. The average Bonchev–Trinajstić information content (AvgIpc) is 3.09. The van der Waals surface area contributed by atoms with Crippen molar-refractivity contribution in [1.82, 2.24) is 24.9 Å². The van der Waals surface area contributed by atoms with Gasteiger partial charge in [0.25, 0.3) is 0 Å². The van der Waals surface area contributed by atoms with E-state index in [4.69, 9.17) is 9.97 Å². The predicted molar refractivity (Wildman–Crippen MR) is 176 cm³/mol. The molecule has 0 unspecified atom stereocenters. The Hall–Kier alpha value is -5.33. The Morgan fingerprint density at radius 3 is 1.51 bits per heavy atom. The van der Waals surface area contributed by atoms with Crippen LogP contribution in [0.2, 0.25) is 0 Å². The van der Waals surface area contributed by atoms with Crippen LogP contribution in [0.4, 0.5) is 0 Å². The number of benzene rings is 3. The van der Waals surface area contributed by atoms with Crippen LogP contribution in [-0.4, -0.2) is 24.9 Å². The van der Waals surface area contributed by atoms with Crippen molar-refractivity contribution in [3.05, 3.63) is 151 Å². The van der Waals surface area contributed by atoms with E-state index in [1.165, 1.54) is 0 Å². The normalized spacial score (nSPS) is 10.9. The lowest BCUT2D eigenvalue weighted by atomic mass is 10.00. The van der Waals surface area contributed by atoms with Crippen LogP contribution in [0.1, 0.15) is 0 Å². The lowest BCUT2D eigenvalue weighted by molar-refractivity contribution is 1.18. The number of hydrogen-bond acceptors (Lipinski definition) is 5. The van der Waals surface area contributed by atoms with Gasteiger partial charge >= 0.3 is 0 Å². The summed E-state index contributed by atoms with van der Waals surface area (Å²) in [5.41, 5.74) is 11.2. The van der Waals surface area contributed by atoms with Gasteiger partial charge in [0, 0.05) is 58.3 Å². The number of rotatable bonds is 6. The Kier molecular flexibility index (Phi) is 7.34. The van der Waals surface area contributed by atoms with Crippen LogP contribution in [-0.2, 0) is 0 Å². The van der Waals surface area contributed by atoms with Gasteiger partial charge in [-0.15, -0.1) is 0 Å². The molecule has 0 aliphatic carbocycles. The second kappa shape index (κ2) is 11.9. The van der Waals surface area contributed by atoms with Crippen molar-refractivity contribution >= 4 is 15.9 Å². The van der Waals surface area contributed by atoms with E-state index in [0.29, 0.717) is 5.82 Å². The third-order valence-electron chi connectivity index (χ3n) is 7.27. The number of pyridine rings is 3. The van der Waals surface area contributed by atoms with Crippen molar-refractivity contribution in [2.75, 3.05) is 0 Å². The van der Waals surface area contributed by atoms with E-state index in [1.54, 1.807) is 6.20 Å². The third kappa shape index (κ3) is 5.87. The molecule has 4 aromatic heterocycles. The first-order valence-electron chi connectivity index (χ1n) is 13.8. The molecule has 0 saturated heterocycles. The summed E-state index contributed by atoms with van der Waals surface area (Å²) in [6, 6.07) is 37.3. The minimum atomic E-state index is 0.661. The van der Waals surface area contributed by atoms with Crippen molar-refractivity contribution in [2.45, 2.75) is 0 Å². The molecular formula is C37H24BrN5. The van der Waals surface area contributed by atoms with Gasteiger partial charge in [-0.25, -0.2) is 9.97 Å². The maximum Gasteiger partial charge on any atom is 0.160 e. The van der Waals surface area contributed by atoms with E-state index in [-0.39, 0.29) is 0 Å². The fourth-order valence-corrected chi connectivity index (χ4v) is 5.54. The van der Waals surface area contributed by atoms with Crippen LogP contribution < -0.4 is 0 Å². The zero-order valence-electron chi connectivity index (χ0n) is 23.0. The number of hydrogen-bond donors (Lipinski definition) is 0. The van der Waals surface area contributed by atoms with Crippen LogP contribution >= 0.6 is 15.9 Å². The number of aromatic nitrogens is 5. The van der Waals surface area contributed by atoms with Crippen molar-refractivity contribution in [3.63, 3.8) is 0 Å². The van der Waals surface area contributed by atoms with E-state index in [1.807, 2.05) is 61.3 Å². The molecule has 0 saturated carbocycles. The highest BCUT2D eigenvalue weighted by Gasteiger charge is 2.13. The highest BCUT2D eigenvalue weighted by atomic mass is 79.9. The van der Waals surface area contributed by atoms with E-state index >= 15 is 0 Å². The highest BCUT2D eigenvalue weighted by Crippen LogP contribution is 2.33. The second-order valence-corrected chi connectivity index (χ2v) is 11.0. The largest absolute Gasteiger partial charge is 0.265 e. The van der Waals surface area contributed by atoms with E-state index in [2.05, 4.69) is 110 Å². The van der Waals surface area contributed by atoms with Crippen molar-refractivity contribution < 1.29 is 0 Å². The fraction of sp³-hybridized carbons (Fsp3) is 0. The van der Waals surface area contributed by atoms with Crippen LogP contribution in [0.25, 0.3) is 67.3 Å².